The van der Waals surface area contributed by atoms with Gasteiger partial charge in [-0.1, -0.05) is 30.3 Å². The number of nitrogens with zero attached hydrogens (tertiary/aromatic N) is 4. The Kier molecular flexibility index (Phi) is 8.62. The minimum absolute atomic E-state index is 0.00684. The molecule has 11 nitrogen and oxygen atoms in total. The van der Waals surface area contributed by atoms with E-state index in [0.717, 1.165) is 26.1 Å². The zero-order valence-corrected chi connectivity index (χ0v) is 24.1. The number of anilines is 1. The number of likely N-dealkylation sites (N-methyl/N-ethyl adjacent to an activating group) is 1. The van der Waals surface area contributed by atoms with E-state index in [4.69, 9.17) is 9.47 Å². The van der Waals surface area contributed by atoms with Gasteiger partial charge in [0.1, 0.15) is 24.2 Å². The van der Waals surface area contributed by atoms with Crippen molar-refractivity contribution in [1.82, 2.24) is 25.1 Å². The Morgan fingerprint density at radius 1 is 1.07 bits per heavy atom. The van der Waals surface area contributed by atoms with E-state index in [2.05, 4.69) is 37.6 Å². The lowest BCUT2D eigenvalue weighted by Gasteiger charge is -2.42. The SMILES string of the molecule is CN1C(=O)c2cc(NC(=O)c3cnccn3)ccc2OC[C@H]2O[C@H](CC(=O)N[C@@H]3CCN(Cc4ccccc4)C3)CC[C@@H]21. The van der Waals surface area contributed by atoms with Crippen LogP contribution in [0.2, 0.25) is 0 Å². The molecule has 3 aliphatic heterocycles. The number of ether oxygens (including phenoxy) is 2. The molecule has 3 amide bonds. The number of amides is 3. The van der Waals surface area contributed by atoms with Gasteiger partial charge in [0, 0.05) is 50.8 Å². The quantitative estimate of drug-likeness (QED) is 0.434. The topological polar surface area (TPSA) is 126 Å². The molecule has 0 radical (unpaired) electrons. The van der Waals surface area contributed by atoms with Crippen LogP contribution in [0.4, 0.5) is 5.69 Å². The molecule has 224 valence electrons. The highest BCUT2D eigenvalue weighted by Gasteiger charge is 2.39. The van der Waals surface area contributed by atoms with Gasteiger partial charge in [0.2, 0.25) is 5.91 Å². The van der Waals surface area contributed by atoms with Crippen molar-refractivity contribution in [2.75, 3.05) is 32.1 Å². The summed E-state index contributed by atoms with van der Waals surface area (Å²) in [5, 5.41) is 5.97. The first-order valence-corrected chi connectivity index (χ1v) is 14.8. The van der Waals surface area contributed by atoms with Gasteiger partial charge in [0.05, 0.1) is 30.3 Å². The highest BCUT2D eigenvalue weighted by Crippen LogP contribution is 2.32. The molecule has 0 bridgehead atoms. The van der Waals surface area contributed by atoms with Crippen LogP contribution in [-0.4, -0.2) is 88.5 Å². The molecule has 0 spiro atoms. The number of carbonyl (C=O) groups excluding carboxylic acids is 3. The van der Waals surface area contributed by atoms with Crippen LogP contribution in [0.25, 0.3) is 0 Å². The molecule has 0 saturated carbocycles. The lowest BCUT2D eigenvalue weighted by atomic mass is 9.94. The molecule has 3 aliphatic rings. The maximum Gasteiger partial charge on any atom is 0.275 e. The molecule has 3 aromatic rings. The standard InChI is InChI=1S/C32H36N6O5/c1-37-27-9-8-24(16-30(39)35-23-11-14-38(19-23)18-21-5-3-2-4-6-21)43-29(27)20-42-28-10-7-22(15-25(28)32(37)41)36-31(40)26-17-33-12-13-34-26/h2-7,10,12-13,15,17,23-24,27,29H,8-9,11,14,16,18-20H2,1H3,(H,35,39)(H,36,40)/t23-,24+,27+,29-/m1/s1. The summed E-state index contributed by atoms with van der Waals surface area (Å²) in [6, 6.07) is 15.3. The maximum absolute atomic E-state index is 13.5. The fourth-order valence-corrected chi connectivity index (χ4v) is 6.15. The van der Waals surface area contributed by atoms with Crippen molar-refractivity contribution in [3.8, 4) is 5.75 Å². The second-order valence-electron chi connectivity index (χ2n) is 11.4. The molecule has 2 aromatic carbocycles. The van der Waals surface area contributed by atoms with Gasteiger partial charge < -0.3 is 25.0 Å². The van der Waals surface area contributed by atoms with Crippen LogP contribution < -0.4 is 15.4 Å². The lowest BCUT2D eigenvalue weighted by Crippen LogP contribution is -2.54. The molecular weight excluding hydrogens is 548 g/mol. The van der Waals surface area contributed by atoms with E-state index in [1.807, 2.05) is 18.2 Å². The number of aromatic nitrogens is 2. The first-order valence-electron chi connectivity index (χ1n) is 14.8. The van der Waals surface area contributed by atoms with Crippen LogP contribution in [-0.2, 0) is 16.1 Å². The first-order chi connectivity index (χ1) is 20.9. The number of rotatable bonds is 7. The van der Waals surface area contributed by atoms with Crippen molar-refractivity contribution in [2.45, 2.75) is 56.5 Å². The number of hydrogen-bond acceptors (Lipinski definition) is 8. The number of benzene rings is 2. The van der Waals surface area contributed by atoms with E-state index in [1.54, 1.807) is 30.1 Å². The predicted octanol–water partition coefficient (Wildman–Crippen LogP) is 2.89. The molecule has 43 heavy (non-hydrogen) atoms. The molecule has 2 N–H and O–H groups in total. The first kappa shape index (κ1) is 28.8. The van der Waals surface area contributed by atoms with Gasteiger partial charge in [-0.25, -0.2) is 4.98 Å². The Morgan fingerprint density at radius 2 is 1.93 bits per heavy atom. The molecule has 1 aromatic heterocycles. The van der Waals surface area contributed by atoms with Gasteiger partial charge in [-0.3, -0.25) is 24.3 Å². The lowest BCUT2D eigenvalue weighted by molar-refractivity contribution is -0.134. The Labute approximate surface area is 250 Å². The summed E-state index contributed by atoms with van der Waals surface area (Å²) in [6.07, 6.45) is 6.27. The Balaban J connectivity index is 1.03. The fourth-order valence-electron chi connectivity index (χ4n) is 6.15. The zero-order valence-electron chi connectivity index (χ0n) is 24.1. The summed E-state index contributed by atoms with van der Waals surface area (Å²) < 4.78 is 12.4. The average Bonchev–Trinajstić information content (AvgIpc) is 3.46. The van der Waals surface area contributed by atoms with Crippen molar-refractivity contribution in [3.63, 3.8) is 0 Å². The molecular formula is C32H36N6O5. The predicted molar refractivity (Wildman–Crippen MR) is 159 cm³/mol. The Morgan fingerprint density at radius 3 is 2.74 bits per heavy atom. The van der Waals surface area contributed by atoms with Crippen LogP contribution in [0.3, 0.4) is 0 Å². The number of nitrogens with one attached hydrogen (secondary N) is 2. The molecule has 11 heteroatoms. The molecule has 0 unspecified atom stereocenters. The van der Waals surface area contributed by atoms with Crippen LogP contribution in [0.1, 0.15) is 52.1 Å². The van der Waals surface area contributed by atoms with E-state index in [9.17, 15) is 14.4 Å². The smallest absolute Gasteiger partial charge is 0.275 e. The van der Waals surface area contributed by atoms with Gasteiger partial charge in [-0.2, -0.15) is 0 Å². The van der Waals surface area contributed by atoms with Crippen molar-refractivity contribution >= 4 is 23.4 Å². The summed E-state index contributed by atoms with van der Waals surface area (Å²) in [5.74, 6) is -0.236. The fraction of sp³-hybridized carbons (Fsp3) is 0.406. The van der Waals surface area contributed by atoms with Crippen molar-refractivity contribution in [1.29, 1.82) is 0 Å². The average molecular weight is 585 g/mol. The summed E-state index contributed by atoms with van der Waals surface area (Å²) in [6.45, 7) is 2.92. The highest BCUT2D eigenvalue weighted by atomic mass is 16.5. The summed E-state index contributed by atoms with van der Waals surface area (Å²) in [5.41, 5.74) is 2.26. The molecule has 4 heterocycles. The van der Waals surface area contributed by atoms with Crippen molar-refractivity contribution < 1.29 is 23.9 Å². The third kappa shape index (κ3) is 6.84. The number of fused-ring (bicyclic) bond motifs is 2. The van der Waals surface area contributed by atoms with Crippen LogP contribution in [0, 0.1) is 0 Å². The van der Waals surface area contributed by atoms with Gasteiger partial charge in [0.25, 0.3) is 11.8 Å². The second kappa shape index (κ2) is 12.9. The van der Waals surface area contributed by atoms with E-state index >= 15 is 0 Å². The minimum atomic E-state index is -0.422. The van der Waals surface area contributed by atoms with Gasteiger partial charge in [-0.15, -0.1) is 0 Å². The molecule has 2 saturated heterocycles. The normalized spacial score (nSPS) is 23.7. The minimum Gasteiger partial charge on any atom is -0.490 e. The van der Waals surface area contributed by atoms with Crippen molar-refractivity contribution in [2.24, 2.45) is 0 Å². The highest BCUT2D eigenvalue weighted by molar-refractivity contribution is 6.04. The molecule has 2 fully saturated rings. The third-order valence-electron chi connectivity index (χ3n) is 8.36. The van der Waals surface area contributed by atoms with Crippen LogP contribution in [0.15, 0.2) is 67.1 Å². The zero-order chi connectivity index (χ0) is 29.8. The number of hydrogen-bond donors (Lipinski definition) is 2. The van der Waals surface area contributed by atoms with Gasteiger partial charge in [0.15, 0.2) is 0 Å². The van der Waals surface area contributed by atoms with Crippen LogP contribution in [0.5, 0.6) is 5.75 Å². The summed E-state index contributed by atoms with van der Waals surface area (Å²) in [7, 11) is 1.76. The van der Waals surface area contributed by atoms with E-state index < -0.39 is 5.91 Å². The Bertz CT molecular complexity index is 1460. The molecule has 6 rings (SSSR count). The third-order valence-corrected chi connectivity index (χ3v) is 8.36. The van der Waals surface area contributed by atoms with Crippen LogP contribution >= 0.6 is 0 Å². The summed E-state index contributed by atoms with van der Waals surface area (Å²) >= 11 is 0. The van der Waals surface area contributed by atoms with Gasteiger partial charge in [-0.05, 0) is 43.0 Å². The van der Waals surface area contributed by atoms with Gasteiger partial charge >= 0.3 is 0 Å². The van der Waals surface area contributed by atoms with Crippen molar-refractivity contribution in [3.05, 3.63) is 83.9 Å². The largest absolute Gasteiger partial charge is 0.490 e. The molecule has 4 atom stereocenters. The molecule has 0 aliphatic carbocycles. The number of likely N-dealkylation sites (tertiary alicyclic amines) is 1. The van der Waals surface area contributed by atoms with E-state index in [1.165, 1.54) is 24.2 Å². The monoisotopic (exact) mass is 584 g/mol. The summed E-state index contributed by atoms with van der Waals surface area (Å²) in [4.78, 5) is 51.0. The Hall–Kier alpha value is -4.35. The second-order valence-corrected chi connectivity index (χ2v) is 11.4. The maximum atomic E-state index is 13.5. The van der Waals surface area contributed by atoms with E-state index in [-0.39, 0.29) is 54.8 Å². The van der Waals surface area contributed by atoms with E-state index in [0.29, 0.717) is 29.8 Å². The number of carbonyl (C=O) groups is 3.